The highest BCUT2D eigenvalue weighted by molar-refractivity contribution is 6.74. The van der Waals surface area contributed by atoms with Crippen LogP contribution in [0.3, 0.4) is 0 Å². The molecule has 1 fully saturated rings. The Morgan fingerprint density at radius 1 is 1.32 bits per heavy atom. The molecule has 1 rings (SSSR count). The molecule has 0 amide bonds. The van der Waals surface area contributed by atoms with Crippen LogP contribution in [-0.2, 0) is 18.8 Å². The quantitative estimate of drug-likeness (QED) is 0.455. The first-order valence-electron chi connectivity index (χ1n) is 6.79. The molecule has 3 atom stereocenters. The maximum Gasteiger partial charge on any atom is 0.316 e. The molecule has 0 aromatic rings. The molecule has 1 aliphatic carbocycles. The van der Waals surface area contributed by atoms with Crippen molar-refractivity contribution in [3.63, 3.8) is 0 Å². The van der Waals surface area contributed by atoms with E-state index in [0.29, 0.717) is 6.42 Å². The Balaban J connectivity index is 2.84. The van der Waals surface area contributed by atoms with Gasteiger partial charge in [-0.2, -0.15) is 0 Å². The van der Waals surface area contributed by atoms with E-state index >= 15 is 0 Å². The number of carbonyl (C=O) groups is 2. The summed E-state index contributed by atoms with van der Waals surface area (Å²) in [5.41, 5.74) is 0. The van der Waals surface area contributed by atoms with Gasteiger partial charge in [-0.25, -0.2) is 0 Å². The second-order valence-corrected chi connectivity index (χ2v) is 11.7. The molecule has 0 aromatic heterocycles. The molecule has 0 bridgehead atoms. The van der Waals surface area contributed by atoms with Crippen LogP contribution in [0.4, 0.5) is 0 Å². The summed E-state index contributed by atoms with van der Waals surface area (Å²) in [4.78, 5) is 23.6. The zero-order chi connectivity index (χ0) is 15.0. The molecule has 0 N–H and O–H groups in total. The molecule has 0 spiro atoms. The lowest BCUT2D eigenvalue weighted by Crippen LogP contribution is -2.45. The Bertz CT molecular complexity index is 370. The van der Waals surface area contributed by atoms with Crippen molar-refractivity contribution in [1.82, 2.24) is 0 Å². The van der Waals surface area contributed by atoms with Crippen LogP contribution in [0.25, 0.3) is 0 Å². The Kier molecular flexibility index (Phi) is 4.62. The summed E-state index contributed by atoms with van der Waals surface area (Å²) in [6.07, 6.45) is 0.172. The van der Waals surface area contributed by atoms with Gasteiger partial charge >= 0.3 is 5.97 Å². The predicted molar refractivity (Wildman–Crippen MR) is 76.4 cm³/mol. The predicted octanol–water partition coefficient (Wildman–Crippen LogP) is 2.77. The number of carbonyl (C=O) groups excluding carboxylic acids is 2. The summed E-state index contributed by atoms with van der Waals surface area (Å²) in [6, 6.07) is 0. The minimum absolute atomic E-state index is 0.0527. The monoisotopic (exact) mass is 286 g/mol. The minimum Gasteiger partial charge on any atom is -0.468 e. The van der Waals surface area contributed by atoms with E-state index in [9.17, 15) is 9.59 Å². The van der Waals surface area contributed by atoms with E-state index in [1.54, 1.807) is 0 Å². The van der Waals surface area contributed by atoms with Gasteiger partial charge in [-0.3, -0.25) is 9.59 Å². The van der Waals surface area contributed by atoms with E-state index < -0.39 is 20.2 Å². The van der Waals surface area contributed by atoms with Gasteiger partial charge in [0, 0.05) is 12.3 Å². The third kappa shape index (κ3) is 3.26. The molecule has 4 nitrogen and oxygen atoms in total. The lowest BCUT2D eigenvalue weighted by Gasteiger charge is -2.39. The van der Waals surface area contributed by atoms with Crippen molar-refractivity contribution < 1.29 is 18.8 Å². The average Bonchev–Trinajstić information content (AvgIpc) is 2.51. The van der Waals surface area contributed by atoms with E-state index in [1.165, 1.54) is 7.11 Å². The molecule has 0 unspecified atom stereocenters. The van der Waals surface area contributed by atoms with E-state index in [0.717, 1.165) is 0 Å². The van der Waals surface area contributed by atoms with Gasteiger partial charge in [0.1, 0.15) is 11.7 Å². The zero-order valence-electron chi connectivity index (χ0n) is 13.1. The maximum atomic E-state index is 12.0. The first-order chi connectivity index (χ1) is 8.51. The van der Waals surface area contributed by atoms with Gasteiger partial charge in [0.05, 0.1) is 13.2 Å². The van der Waals surface area contributed by atoms with E-state index in [1.807, 2.05) is 6.92 Å². The van der Waals surface area contributed by atoms with Crippen molar-refractivity contribution >= 4 is 20.1 Å². The van der Waals surface area contributed by atoms with Crippen LogP contribution in [0.1, 0.15) is 34.1 Å². The molecule has 0 aromatic carbocycles. The topological polar surface area (TPSA) is 52.6 Å². The molecule has 0 saturated heterocycles. The highest BCUT2D eigenvalue weighted by Crippen LogP contribution is 2.41. The van der Waals surface area contributed by atoms with Crippen molar-refractivity contribution in [2.24, 2.45) is 11.8 Å². The number of ether oxygens (including phenoxy) is 1. The summed E-state index contributed by atoms with van der Waals surface area (Å²) in [6.45, 7) is 12.7. The number of hydrogen-bond acceptors (Lipinski definition) is 4. The van der Waals surface area contributed by atoms with Gasteiger partial charge < -0.3 is 9.16 Å². The van der Waals surface area contributed by atoms with Crippen LogP contribution in [0.5, 0.6) is 0 Å². The van der Waals surface area contributed by atoms with Crippen LogP contribution in [0.15, 0.2) is 0 Å². The van der Waals surface area contributed by atoms with Gasteiger partial charge in [-0.05, 0) is 18.1 Å². The molecular weight excluding hydrogens is 260 g/mol. The van der Waals surface area contributed by atoms with E-state index in [-0.39, 0.29) is 22.8 Å². The Morgan fingerprint density at radius 2 is 1.84 bits per heavy atom. The molecular formula is C14H26O4Si. The summed E-state index contributed by atoms with van der Waals surface area (Å²) in [7, 11) is -0.596. The lowest BCUT2D eigenvalue weighted by atomic mass is 9.97. The minimum atomic E-state index is -1.92. The van der Waals surface area contributed by atoms with Crippen LogP contribution >= 0.6 is 0 Å². The number of ketones is 1. The van der Waals surface area contributed by atoms with E-state index in [4.69, 9.17) is 9.16 Å². The molecule has 19 heavy (non-hydrogen) atoms. The van der Waals surface area contributed by atoms with Crippen LogP contribution in [-0.4, -0.2) is 33.3 Å². The molecule has 110 valence electrons. The highest BCUT2D eigenvalue weighted by atomic mass is 28.4. The standard InChI is InChI=1S/C14H26O4Si/c1-9-11(18-19(6,7)14(2,3)4)8-10(15)12(9)13(16)17-5/h9,11-12H,8H2,1-7H3/t9-,11+,12+/m1/s1. The Labute approximate surface area is 117 Å². The van der Waals surface area contributed by atoms with Crippen molar-refractivity contribution in [1.29, 1.82) is 0 Å². The first kappa shape index (κ1) is 16.4. The summed E-state index contributed by atoms with van der Waals surface area (Å²) >= 11 is 0. The largest absolute Gasteiger partial charge is 0.468 e. The molecule has 5 heteroatoms. The van der Waals surface area contributed by atoms with Gasteiger partial charge in [0.15, 0.2) is 8.32 Å². The lowest BCUT2D eigenvalue weighted by molar-refractivity contribution is -0.149. The average molecular weight is 286 g/mol. The number of hydrogen-bond donors (Lipinski definition) is 0. The molecule has 1 saturated carbocycles. The Hall–Kier alpha value is -0.683. The fourth-order valence-electron chi connectivity index (χ4n) is 2.20. The number of Topliss-reactive ketones (excluding diaryl/α,β-unsaturated/α-hetero) is 1. The smallest absolute Gasteiger partial charge is 0.316 e. The second-order valence-electron chi connectivity index (χ2n) is 6.95. The summed E-state index contributed by atoms with van der Waals surface area (Å²) < 4.78 is 11.0. The molecule has 0 aliphatic heterocycles. The van der Waals surface area contributed by atoms with Gasteiger partial charge in [0.25, 0.3) is 0 Å². The van der Waals surface area contributed by atoms with Gasteiger partial charge in [-0.1, -0.05) is 27.7 Å². The molecule has 0 radical (unpaired) electrons. The highest BCUT2D eigenvalue weighted by Gasteiger charge is 2.49. The van der Waals surface area contributed by atoms with Crippen molar-refractivity contribution in [3.05, 3.63) is 0 Å². The van der Waals surface area contributed by atoms with Gasteiger partial charge in [-0.15, -0.1) is 0 Å². The van der Waals surface area contributed by atoms with Gasteiger partial charge in [0.2, 0.25) is 0 Å². The summed E-state index contributed by atoms with van der Waals surface area (Å²) in [5.74, 6) is -1.24. The molecule has 0 heterocycles. The van der Waals surface area contributed by atoms with Crippen molar-refractivity contribution in [2.75, 3.05) is 7.11 Å². The summed E-state index contributed by atoms with van der Waals surface area (Å²) in [5, 5.41) is 0.0963. The zero-order valence-corrected chi connectivity index (χ0v) is 14.1. The van der Waals surface area contributed by atoms with Crippen LogP contribution in [0, 0.1) is 11.8 Å². The normalized spacial score (nSPS) is 28.6. The van der Waals surface area contributed by atoms with Crippen molar-refractivity contribution in [3.8, 4) is 0 Å². The number of esters is 1. The number of rotatable bonds is 3. The third-order valence-electron chi connectivity index (χ3n) is 4.57. The fourth-order valence-corrected chi connectivity index (χ4v) is 3.60. The van der Waals surface area contributed by atoms with E-state index in [2.05, 4.69) is 33.9 Å². The van der Waals surface area contributed by atoms with Crippen molar-refractivity contribution in [2.45, 2.75) is 58.4 Å². The fraction of sp³-hybridized carbons (Fsp3) is 0.857. The van der Waals surface area contributed by atoms with Crippen LogP contribution < -0.4 is 0 Å². The SMILES string of the molecule is COC(=O)[C@@H]1C(=O)C[C@H](O[Si](C)(C)C(C)(C)C)[C@H]1C. The van der Waals surface area contributed by atoms with Crippen LogP contribution in [0.2, 0.25) is 18.1 Å². The first-order valence-corrected chi connectivity index (χ1v) is 9.70. The molecule has 1 aliphatic rings. The number of methoxy groups -OCH3 is 1. The third-order valence-corrected chi connectivity index (χ3v) is 9.07. The maximum absolute atomic E-state index is 12.0. The second kappa shape index (κ2) is 5.36. The Morgan fingerprint density at radius 3 is 2.26 bits per heavy atom.